The van der Waals surface area contributed by atoms with Crippen LogP contribution in [-0.4, -0.2) is 58.3 Å². The maximum absolute atomic E-state index is 12.9. The highest BCUT2D eigenvalue weighted by Gasteiger charge is 2.24. The van der Waals surface area contributed by atoms with Crippen molar-refractivity contribution < 1.29 is 17.9 Å². The second-order valence-corrected chi connectivity index (χ2v) is 8.75. The molecule has 8 heteroatoms. The lowest BCUT2D eigenvalue weighted by Gasteiger charge is -2.27. The van der Waals surface area contributed by atoms with Crippen LogP contribution >= 0.6 is 11.8 Å². The third kappa shape index (κ3) is 5.20. The molecule has 1 amide bonds. The van der Waals surface area contributed by atoms with Gasteiger partial charge in [-0.05, 0) is 50.6 Å². The minimum atomic E-state index is -3.70. The molecule has 0 radical (unpaired) electrons. The van der Waals surface area contributed by atoms with Crippen molar-refractivity contribution >= 4 is 27.7 Å². The zero-order valence-corrected chi connectivity index (χ0v) is 16.6. The Kier molecular flexibility index (Phi) is 7.30. The summed E-state index contributed by atoms with van der Waals surface area (Å²) in [5, 5.41) is 0. The number of likely N-dealkylation sites (tertiary alicyclic amines) is 1. The first-order chi connectivity index (χ1) is 11.9. The lowest BCUT2D eigenvalue weighted by Crippen LogP contribution is -2.37. The number of ether oxygens (including phenoxy) is 1. The number of nitrogens with one attached hydrogen (secondary N) is 1. The highest BCUT2D eigenvalue weighted by molar-refractivity contribution is 7.98. The van der Waals surface area contributed by atoms with Gasteiger partial charge >= 0.3 is 0 Å². The van der Waals surface area contributed by atoms with Crippen LogP contribution in [-0.2, 0) is 14.8 Å². The Balaban J connectivity index is 2.31. The Labute approximate surface area is 154 Å². The van der Waals surface area contributed by atoms with E-state index in [9.17, 15) is 13.2 Å². The number of sulfonamides is 1. The van der Waals surface area contributed by atoms with Gasteiger partial charge in [-0.25, -0.2) is 13.1 Å². The van der Waals surface area contributed by atoms with E-state index in [1.54, 1.807) is 19.1 Å². The van der Waals surface area contributed by atoms with Crippen molar-refractivity contribution in [3.63, 3.8) is 0 Å². The molecule has 1 aromatic carbocycles. The first-order valence-corrected chi connectivity index (χ1v) is 11.1. The number of benzene rings is 1. The molecule has 2 rings (SSSR count). The van der Waals surface area contributed by atoms with Gasteiger partial charge in [-0.15, -0.1) is 11.8 Å². The van der Waals surface area contributed by atoms with Crippen molar-refractivity contribution in [2.45, 2.75) is 42.0 Å². The van der Waals surface area contributed by atoms with E-state index in [4.69, 9.17) is 4.74 Å². The molecular formula is C17H26N2O4S2. The molecule has 1 aromatic rings. The van der Waals surface area contributed by atoms with Crippen molar-refractivity contribution in [1.29, 1.82) is 0 Å². The fourth-order valence-corrected chi connectivity index (χ4v) is 4.73. The zero-order chi connectivity index (χ0) is 18.4. The number of methoxy groups -OCH3 is 1. The summed E-state index contributed by atoms with van der Waals surface area (Å²) in [6, 6.07) is 4.39. The molecule has 1 unspecified atom stereocenters. The van der Waals surface area contributed by atoms with E-state index >= 15 is 0 Å². The van der Waals surface area contributed by atoms with E-state index in [1.165, 1.54) is 24.9 Å². The Morgan fingerprint density at radius 2 is 2.00 bits per heavy atom. The van der Waals surface area contributed by atoms with E-state index in [2.05, 4.69) is 4.72 Å². The smallest absolute Gasteiger partial charge is 0.255 e. The monoisotopic (exact) mass is 386 g/mol. The standard InChI is InChI=1S/C17H26N2O4S2/c1-13(12-23-2)18-25(21,22)14-7-8-16(24-3)15(11-14)17(20)19-9-5-4-6-10-19/h7-8,11,13,18H,4-6,9-10,12H2,1-3H3. The molecule has 25 heavy (non-hydrogen) atoms. The first-order valence-electron chi connectivity index (χ1n) is 8.37. The van der Waals surface area contributed by atoms with E-state index in [-0.39, 0.29) is 23.5 Å². The van der Waals surface area contributed by atoms with E-state index in [1.807, 2.05) is 11.2 Å². The van der Waals surface area contributed by atoms with Crippen molar-refractivity contribution in [1.82, 2.24) is 9.62 Å². The van der Waals surface area contributed by atoms with E-state index in [0.717, 1.165) is 37.2 Å². The van der Waals surface area contributed by atoms with Crippen molar-refractivity contribution in [3.8, 4) is 0 Å². The molecule has 1 aliphatic heterocycles. The van der Waals surface area contributed by atoms with Crippen LogP contribution in [0.1, 0.15) is 36.5 Å². The summed E-state index contributed by atoms with van der Waals surface area (Å²) in [5.74, 6) is -0.0916. The number of thioether (sulfide) groups is 1. The summed E-state index contributed by atoms with van der Waals surface area (Å²) in [7, 11) is -2.18. The summed E-state index contributed by atoms with van der Waals surface area (Å²) in [5.41, 5.74) is 0.455. The Morgan fingerprint density at radius 1 is 1.32 bits per heavy atom. The summed E-state index contributed by atoms with van der Waals surface area (Å²) < 4.78 is 32.7. The highest BCUT2D eigenvalue weighted by atomic mass is 32.2. The van der Waals surface area contributed by atoms with Crippen LogP contribution in [0.5, 0.6) is 0 Å². The Hall–Kier alpha value is -1.09. The van der Waals surface area contributed by atoms with Crippen LogP contribution < -0.4 is 4.72 Å². The molecule has 0 saturated carbocycles. The summed E-state index contributed by atoms with van der Waals surface area (Å²) in [6.07, 6.45) is 5.01. The fourth-order valence-electron chi connectivity index (χ4n) is 2.91. The largest absolute Gasteiger partial charge is 0.383 e. The van der Waals surface area contributed by atoms with Crippen LogP contribution in [0, 0.1) is 0 Å². The number of nitrogens with zero attached hydrogens (tertiary/aromatic N) is 1. The minimum Gasteiger partial charge on any atom is -0.383 e. The summed E-state index contributed by atoms with van der Waals surface area (Å²) in [6.45, 7) is 3.47. The third-order valence-electron chi connectivity index (χ3n) is 4.13. The van der Waals surface area contributed by atoms with Gasteiger partial charge in [0.25, 0.3) is 5.91 Å². The summed E-state index contributed by atoms with van der Waals surface area (Å²) >= 11 is 1.45. The van der Waals surface area contributed by atoms with Crippen LogP contribution in [0.25, 0.3) is 0 Å². The molecule has 6 nitrogen and oxygen atoms in total. The van der Waals surface area contributed by atoms with Crippen molar-refractivity contribution in [2.24, 2.45) is 0 Å². The second-order valence-electron chi connectivity index (χ2n) is 6.19. The van der Waals surface area contributed by atoms with Gasteiger partial charge in [0.2, 0.25) is 10.0 Å². The van der Waals surface area contributed by atoms with Crippen LogP contribution in [0.15, 0.2) is 28.0 Å². The van der Waals surface area contributed by atoms with Gasteiger partial charge in [-0.3, -0.25) is 4.79 Å². The fraction of sp³-hybridized carbons (Fsp3) is 0.588. The average Bonchev–Trinajstić information content (AvgIpc) is 2.61. The molecule has 1 N–H and O–H groups in total. The topological polar surface area (TPSA) is 75.7 Å². The molecular weight excluding hydrogens is 360 g/mol. The number of carbonyl (C=O) groups excluding carboxylic acids is 1. The van der Waals surface area contributed by atoms with Gasteiger partial charge < -0.3 is 9.64 Å². The number of carbonyl (C=O) groups is 1. The normalized spacial score (nSPS) is 16.7. The second kappa shape index (κ2) is 9.02. The quantitative estimate of drug-likeness (QED) is 0.728. The molecule has 0 bridgehead atoms. The highest BCUT2D eigenvalue weighted by Crippen LogP contribution is 2.26. The molecule has 1 aliphatic rings. The number of hydrogen-bond acceptors (Lipinski definition) is 5. The molecule has 1 atom stereocenters. The number of amides is 1. The number of piperidine rings is 1. The Bertz CT molecular complexity index is 701. The van der Waals surface area contributed by atoms with Gasteiger partial charge in [0.15, 0.2) is 0 Å². The number of hydrogen-bond donors (Lipinski definition) is 1. The number of rotatable bonds is 7. The maximum Gasteiger partial charge on any atom is 0.255 e. The molecule has 1 heterocycles. The van der Waals surface area contributed by atoms with Crippen molar-refractivity contribution in [3.05, 3.63) is 23.8 Å². The lowest BCUT2D eigenvalue weighted by molar-refractivity contribution is 0.0720. The molecule has 0 aliphatic carbocycles. The van der Waals surface area contributed by atoms with Crippen LogP contribution in [0.2, 0.25) is 0 Å². The molecule has 0 spiro atoms. The van der Waals surface area contributed by atoms with Crippen LogP contribution in [0.4, 0.5) is 0 Å². The molecule has 1 saturated heterocycles. The molecule has 0 aromatic heterocycles. The zero-order valence-electron chi connectivity index (χ0n) is 14.9. The van der Waals surface area contributed by atoms with Crippen LogP contribution in [0.3, 0.4) is 0 Å². The molecule has 140 valence electrons. The van der Waals surface area contributed by atoms with Gasteiger partial charge in [0.05, 0.1) is 17.1 Å². The SMILES string of the molecule is COCC(C)NS(=O)(=O)c1ccc(SC)c(C(=O)N2CCCCC2)c1. The maximum atomic E-state index is 12.9. The average molecular weight is 387 g/mol. The minimum absolute atomic E-state index is 0.0916. The van der Waals surface area contributed by atoms with Gasteiger partial charge in [0, 0.05) is 31.1 Å². The predicted octanol–water partition coefficient (Wildman–Crippen LogP) is 2.35. The van der Waals surface area contributed by atoms with E-state index in [0.29, 0.717) is 5.56 Å². The van der Waals surface area contributed by atoms with Gasteiger partial charge in [-0.1, -0.05) is 0 Å². The first kappa shape index (κ1) is 20.2. The van der Waals surface area contributed by atoms with Gasteiger partial charge in [0.1, 0.15) is 0 Å². The van der Waals surface area contributed by atoms with Gasteiger partial charge in [-0.2, -0.15) is 0 Å². The van der Waals surface area contributed by atoms with Crippen molar-refractivity contribution in [2.75, 3.05) is 33.1 Å². The third-order valence-corrected chi connectivity index (χ3v) is 6.51. The summed E-state index contributed by atoms with van der Waals surface area (Å²) in [4.78, 5) is 15.6. The predicted molar refractivity (Wildman–Crippen MR) is 99.6 cm³/mol. The lowest BCUT2D eigenvalue weighted by atomic mass is 10.1. The Morgan fingerprint density at radius 3 is 2.60 bits per heavy atom. The molecule has 1 fully saturated rings. The van der Waals surface area contributed by atoms with E-state index < -0.39 is 10.0 Å².